The third-order valence-electron chi connectivity index (χ3n) is 5.30. The molecule has 0 radical (unpaired) electrons. The van der Waals surface area contributed by atoms with Crippen LogP contribution in [0.5, 0.6) is 5.75 Å². The van der Waals surface area contributed by atoms with Gasteiger partial charge in [0, 0.05) is 17.7 Å². The molecule has 35 heavy (non-hydrogen) atoms. The number of ether oxygens (including phenoxy) is 2. The Morgan fingerprint density at radius 1 is 1.06 bits per heavy atom. The molecule has 1 aliphatic rings. The Morgan fingerprint density at radius 2 is 1.69 bits per heavy atom. The van der Waals surface area contributed by atoms with Crippen molar-refractivity contribution in [3.8, 4) is 5.75 Å². The number of nitro benzene ring substituents is 1. The van der Waals surface area contributed by atoms with E-state index in [1.54, 1.807) is 30.3 Å². The van der Waals surface area contributed by atoms with E-state index in [0.717, 1.165) is 16.7 Å². The SMILES string of the molecule is CC(C)c1ccc(C2=N/C(=C\c3cc(Br)c(OCc4ccc([N+](=O)[O-])cc4)c(Br)c3)C(=O)O2)cc1. The van der Waals surface area contributed by atoms with Crippen LogP contribution in [-0.2, 0) is 16.1 Å². The predicted octanol–water partition coefficient (Wildman–Crippen LogP) is 7.17. The summed E-state index contributed by atoms with van der Waals surface area (Å²) < 4.78 is 12.6. The molecule has 0 saturated carbocycles. The van der Waals surface area contributed by atoms with Crippen molar-refractivity contribution in [1.82, 2.24) is 0 Å². The number of halogens is 2. The summed E-state index contributed by atoms with van der Waals surface area (Å²) in [5.41, 5.74) is 3.67. The topological polar surface area (TPSA) is 91.0 Å². The number of carbonyl (C=O) groups is 1. The number of nitrogens with zero attached hydrogens (tertiary/aromatic N) is 2. The van der Waals surface area contributed by atoms with Gasteiger partial charge in [0.2, 0.25) is 5.90 Å². The zero-order valence-electron chi connectivity index (χ0n) is 18.8. The molecule has 7 nitrogen and oxygen atoms in total. The largest absolute Gasteiger partial charge is 0.487 e. The van der Waals surface area contributed by atoms with E-state index in [0.29, 0.717) is 20.6 Å². The number of carbonyl (C=O) groups excluding carboxylic acids is 1. The molecule has 0 N–H and O–H groups in total. The van der Waals surface area contributed by atoms with Gasteiger partial charge >= 0.3 is 5.97 Å². The Balaban J connectivity index is 1.50. The van der Waals surface area contributed by atoms with Gasteiger partial charge in [-0.25, -0.2) is 9.79 Å². The van der Waals surface area contributed by atoms with Crippen LogP contribution in [0.3, 0.4) is 0 Å². The van der Waals surface area contributed by atoms with Crippen molar-refractivity contribution in [2.24, 2.45) is 4.99 Å². The lowest BCUT2D eigenvalue weighted by molar-refractivity contribution is -0.384. The highest BCUT2D eigenvalue weighted by atomic mass is 79.9. The van der Waals surface area contributed by atoms with Crippen LogP contribution in [0.25, 0.3) is 6.08 Å². The summed E-state index contributed by atoms with van der Waals surface area (Å²) in [6.45, 7) is 4.46. The summed E-state index contributed by atoms with van der Waals surface area (Å²) in [6.07, 6.45) is 1.65. The first-order chi connectivity index (χ1) is 16.7. The van der Waals surface area contributed by atoms with Gasteiger partial charge in [-0.15, -0.1) is 0 Å². The molecular weight excluding hydrogens is 580 g/mol. The summed E-state index contributed by atoms with van der Waals surface area (Å²) in [4.78, 5) is 27.1. The summed E-state index contributed by atoms with van der Waals surface area (Å²) in [5, 5.41) is 10.8. The molecule has 0 bridgehead atoms. The first kappa shape index (κ1) is 24.8. The van der Waals surface area contributed by atoms with Crippen LogP contribution in [0, 0.1) is 10.1 Å². The van der Waals surface area contributed by atoms with Crippen molar-refractivity contribution in [3.63, 3.8) is 0 Å². The third-order valence-corrected chi connectivity index (χ3v) is 6.48. The number of cyclic esters (lactones) is 1. The Kier molecular flexibility index (Phi) is 7.47. The lowest BCUT2D eigenvalue weighted by Crippen LogP contribution is -2.05. The van der Waals surface area contributed by atoms with Gasteiger partial charge in [0.25, 0.3) is 5.69 Å². The maximum Gasteiger partial charge on any atom is 0.363 e. The Bertz CT molecular complexity index is 1320. The van der Waals surface area contributed by atoms with E-state index in [2.05, 4.69) is 50.7 Å². The fourth-order valence-corrected chi connectivity index (χ4v) is 4.82. The molecule has 0 atom stereocenters. The first-order valence-corrected chi connectivity index (χ1v) is 12.3. The molecule has 0 aliphatic carbocycles. The molecule has 0 saturated heterocycles. The van der Waals surface area contributed by atoms with Crippen LogP contribution in [-0.4, -0.2) is 16.8 Å². The molecule has 3 aromatic rings. The minimum Gasteiger partial charge on any atom is -0.487 e. The lowest BCUT2D eigenvalue weighted by atomic mass is 10.0. The molecule has 0 spiro atoms. The van der Waals surface area contributed by atoms with Gasteiger partial charge in [-0.3, -0.25) is 10.1 Å². The lowest BCUT2D eigenvalue weighted by Gasteiger charge is -2.11. The molecule has 0 amide bonds. The Hall–Kier alpha value is -3.30. The quantitative estimate of drug-likeness (QED) is 0.124. The van der Waals surface area contributed by atoms with Gasteiger partial charge in [-0.1, -0.05) is 26.0 Å². The van der Waals surface area contributed by atoms with Crippen molar-refractivity contribution < 1.29 is 19.2 Å². The van der Waals surface area contributed by atoms with Crippen LogP contribution in [0.1, 0.15) is 42.0 Å². The zero-order valence-corrected chi connectivity index (χ0v) is 22.0. The highest BCUT2D eigenvalue weighted by Crippen LogP contribution is 2.36. The average molecular weight is 600 g/mol. The van der Waals surface area contributed by atoms with E-state index >= 15 is 0 Å². The minimum atomic E-state index is -0.515. The van der Waals surface area contributed by atoms with E-state index in [-0.39, 0.29) is 23.9 Å². The van der Waals surface area contributed by atoms with Crippen molar-refractivity contribution in [3.05, 3.63) is 108 Å². The van der Waals surface area contributed by atoms with Crippen LogP contribution in [0.4, 0.5) is 5.69 Å². The van der Waals surface area contributed by atoms with Gasteiger partial charge in [0.1, 0.15) is 12.4 Å². The van der Waals surface area contributed by atoms with Crippen molar-refractivity contribution in [1.29, 1.82) is 0 Å². The van der Waals surface area contributed by atoms with E-state index in [1.807, 2.05) is 24.3 Å². The summed E-state index contributed by atoms with van der Waals surface area (Å²) in [6, 6.07) is 17.6. The van der Waals surface area contributed by atoms with Crippen molar-refractivity contribution in [2.75, 3.05) is 0 Å². The van der Waals surface area contributed by atoms with Crippen molar-refractivity contribution in [2.45, 2.75) is 26.4 Å². The number of non-ortho nitro benzene ring substituents is 1. The maximum atomic E-state index is 12.4. The number of benzene rings is 3. The maximum absolute atomic E-state index is 12.4. The molecular formula is C26H20Br2N2O5. The smallest absolute Gasteiger partial charge is 0.363 e. The Morgan fingerprint density at radius 3 is 2.26 bits per heavy atom. The number of hydrogen-bond acceptors (Lipinski definition) is 6. The summed E-state index contributed by atoms with van der Waals surface area (Å²) in [7, 11) is 0. The second-order valence-electron chi connectivity index (χ2n) is 8.14. The van der Waals surface area contributed by atoms with E-state index < -0.39 is 10.9 Å². The number of aliphatic imine (C=N–C) groups is 1. The molecule has 0 unspecified atom stereocenters. The van der Waals surface area contributed by atoms with Gasteiger partial charge in [0.05, 0.1) is 13.9 Å². The number of nitro groups is 1. The standard InChI is InChI=1S/C26H20Br2N2O5/c1-15(2)18-5-7-19(8-6-18)25-29-23(26(31)35-25)13-17-11-21(27)24(22(28)12-17)34-14-16-3-9-20(10-4-16)30(32)33/h3-13,15H,14H2,1-2H3/b23-13-. The van der Waals surface area contributed by atoms with Gasteiger partial charge < -0.3 is 9.47 Å². The van der Waals surface area contributed by atoms with Crippen LogP contribution in [0.2, 0.25) is 0 Å². The van der Waals surface area contributed by atoms with Gasteiger partial charge in [0.15, 0.2) is 5.70 Å². The second-order valence-corrected chi connectivity index (χ2v) is 9.85. The first-order valence-electron chi connectivity index (χ1n) is 10.7. The normalized spacial score (nSPS) is 14.3. The zero-order chi connectivity index (χ0) is 25.1. The predicted molar refractivity (Wildman–Crippen MR) is 140 cm³/mol. The second kappa shape index (κ2) is 10.5. The third kappa shape index (κ3) is 5.86. The van der Waals surface area contributed by atoms with E-state index in [1.165, 1.54) is 17.7 Å². The molecule has 4 rings (SSSR count). The Labute approximate surface area is 218 Å². The van der Waals surface area contributed by atoms with Crippen LogP contribution in [0.15, 0.2) is 80.3 Å². The molecule has 3 aromatic carbocycles. The summed E-state index contributed by atoms with van der Waals surface area (Å²) >= 11 is 7.02. The van der Waals surface area contributed by atoms with Gasteiger partial charge in [-0.2, -0.15) is 0 Å². The fraction of sp³-hybridized carbons (Fsp3) is 0.154. The van der Waals surface area contributed by atoms with E-state index in [4.69, 9.17) is 9.47 Å². The number of esters is 1. The molecule has 1 aliphatic heterocycles. The molecule has 1 heterocycles. The van der Waals surface area contributed by atoms with Gasteiger partial charge in [-0.05, 0) is 96.9 Å². The number of rotatable bonds is 7. The minimum absolute atomic E-state index is 0.0253. The fourth-order valence-electron chi connectivity index (χ4n) is 3.37. The van der Waals surface area contributed by atoms with Crippen molar-refractivity contribution >= 4 is 55.5 Å². The summed E-state index contributed by atoms with van der Waals surface area (Å²) in [5.74, 6) is 0.732. The van der Waals surface area contributed by atoms with Crippen LogP contribution < -0.4 is 4.74 Å². The molecule has 9 heteroatoms. The molecule has 178 valence electrons. The van der Waals surface area contributed by atoms with Crippen LogP contribution >= 0.6 is 31.9 Å². The highest BCUT2D eigenvalue weighted by molar-refractivity contribution is 9.11. The molecule has 0 fully saturated rings. The number of hydrogen-bond donors (Lipinski definition) is 0. The average Bonchev–Trinajstić information content (AvgIpc) is 3.19. The van der Waals surface area contributed by atoms with E-state index in [9.17, 15) is 14.9 Å². The highest BCUT2D eigenvalue weighted by Gasteiger charge is 2.24. The monoisotopic (exact) mass is 598 g/mol. The molecule has 0 aromatic heterocycles.